The molecule has 0 bridgehead atoms. The topological polar surface area (TPSA) is 37.0 Å². The number of thiocarbonyl (C=S) groups is 1. The van der Waals surface area contributed by atoms with E-state index in [2.05, 4.69) is 15.6 Å². The normalized spacial score (nSPS) is 12.0. The lowest BCUT2D eigenvalue weighted by Crippen LogP contribution is -2.21. The van der Waals surface area contributed by atoms with Crippen LogP contribution in [0.5, 0.6) is 0 Å². The molecule has 0 unspecified atom stereocenters. The lowest BCUT2D eigenvalue weighted by atomic mass is 10.1. The van der Waals surface area contributed by atoms with Crippen LogP contribution >= 0.6 is 12.2 Å². The van der Waals surface area contributed by atoms with Gasteiger partial charge in [-0.15, -0.1) is 0 Å². The van der Waals surface area contributed by atoms with Gasteiger partial charge in [-0.2, -0.15) is 26.3 Å². The minimum Gasteiger partial charge on any atom is -0.332 e. The minimum atomic E-state index is -4.93. The van der Waals surface area contributed by atoms with Crippen molar-refractivity contribution < 1.29 is 26.3 Å². The summed E-state index contributed by atoms with van der Waals surface area (Å²) in [6.07, 6.45) is -8.39. The number of aromatic nitrogens is 1. The van der Waals surface area contributed by atoms with E-state index in [-0.39, 0.29) is 11.2 Å². The van der Waals surface area contributed by atoms with Gasteiger partial charge in [-0.3, -0.25) is 0 Å². The predicted molar refractivity (Wildman–Crippen MR) is 85.3 cm³/mol. The Bertz CT molecular complexity index is 753. The van der Waals surface area contributed by atoms with Gasteiger partial charge < -0.3 is 10.6 Å². The van der Waals surface area contributed by atoms with E-state index < -0.39 is 29.2 Å². The van der Waals surface area contributed by atoms with E-state index in [0.717, 1.165) is 0 Å². The number of alkyl halides is 6. The van der Waals surface area contributed by atoms with Crippen LogP contribution in [0.1, 0.15) is 16.7 Å². The Balaban J connectivity index is 2.29. The van der Waals surface area contributed by atoms with Gasteiger partial charge in [0.15, 0.2) is 5.11 Å². The lowest BCUT2D eigenvalue weighted by molar-refractivity contribution is -0.143. The molecule has 2 N–H and O–H groups in total. The Hall–Kier alpha value is -2.36. The minimum absolute atomic E-state index is 0.0462. The van der Waals surface area contributed by atoms with Gasteiger partial charge in [-0.1, -0.05) is 6.07 Å². The zero-order valence-electron chi connectivity index (χ0n) is 12.6. The molecule has 0 spiro atoms. The van der Waals surface area contributed by atoms with Crippen molar-refractivity contribution in [3.05, 3.63) is 53.2 Å². The molecule has 2 aromatic rings. The summed E-state index contributed by atoms with van der Waals surface area (Å²) in [7, 11) is 0. The Morgan fingerprint density at radius 3 is 2.00 bits per heavy atom. The smallest absolute Gasteiger partial charge is 0.332 e. The molecule has 134 valence electrons. The highest BCUT2D eigenvalue weighted by atomic mass is 32.1. The van der Waals surface area contributed by atoms with Gasteiger partial charge in [0.05, 0.1) is 11.1 Å². The summed E-state index contributed by atoms with van der Waals surface area (Å²) < 4.78 is 76.9. The fourth-order valence-corrected chi connectivity index (χ4v) is 2.13. The molecular formula is C15H11F6N3S. The number of nitrogens with zero attached hydrogens (tertiary/aromatic N) is 1. The molecule has 0 aliphatic heterocycles. The van der Waals surface area contributed by atoms with Crippen molar-refractivity contribution in [2.24, 2.45) is 0 Å². The van der Waals surface area contributed by atoms with E-state index in [1.807, 2.05) is 0 Å². The van der Waals surface area contributed by atoms with E-state index in [4.69, 9.17) is 12.2 Å². The third-order valence-corrected chi connectivity index (χ3v) is 3.29. The monoisotopic (exact) mass is 379 g/mol. The quantitative estimate of drug-likeness (QED) is 0.553. The molecule has 3 nitrogen and oxygen atoms in total. The van der Waals surface area contributed by atoms with Crippen LogP contribution < -0.4 is 10.6 Å². The van der Waals surface area contributed by atoms with Gasteiger partial charge in [0, 0.05) is 11.9 Å². The molecular weight excluding hydrogens is 368 g/mol. The molecule has 10 heteroatoms. The molecule has 0 atom stereocenters. The summed E-state index contributed by atoms with van der Waals surface area (Å²) in [4.78, 5) is 3.97. The number of aryl methyl sites for hydroxylation is 1. The number of halogens is 6. The molecule has 1 heterocycles. The molecule has 0 saturated carbocycles. The Morgan fingerprint density at radius 1 is 0.960 bits per heavy atom. The summed E-state index contributed by atoms with van der Waals surface area (Å²) in [5, 5.41) is 4.76. The first kappa shape index (κ1) is 19.0. The molecule has 1 aromatic carbocycles. The number of hydrogen-bond acceptors (Lipinski definition) is 2. The Labute approximate surface area is 144 Å². The van der Waals surface area contributed by atoms with Crippen LogP contribution in [-0.4, -0.2) is 10.1 Å². The molecule has 25 heavy (non-hydrogen) atoms. The highest BCUT2D eigenvalue weighted by molar-refractivity contribution is 7.80. The van der Waals surface area contributed by atoms with Gasteiger partial charge in [0.1, 0.15) is 5.82 Å². The van der Waals surface area contributed by atoms with Crippen molar-refractivity contribution in [3.63, 3.8) is 0 Å². The van der Waals surface area contributed by atoms with Gasteiger partial charge in [-0.05, 0) is 49.0 Å². The highest BCUT2D eigenvalue weighted by Crippen LogP contribution is 2.37. The number of benzene rings is 1. The standard InChI is InChI=1S/C15H11F6N3S/c1-8-3-2-4-22-12(8)24-13(25)23-11-6-9(14(16,17)18)5-10(7-11)15(19,20)21/h2-7H,1H3,(H2,22,23,24,25). The van der Waals surface area contributed by atoms with E-state index >= 15 is 0 Å². The Morgan fingerprint density at radius 2 is 1.52 bits per heavy atom. The number of nitrogens with one attached hydrogen (secondary N) is 2. The predicted octanol–water partition coefficient (Wildman–Crippen LogP) is 5.24. The molecule has 0 saturated heterocycles. The first-order valence-electron chi connectivity index (χ1n) is 6.76. The van der Waals surface area contributed by atoms with E-state index in [1.54, 1.807) is 19.1 Å². The van der Waals surface area contributed by atoms with E-state index in [0.29, 0.717) is 23.5 Å². The van der Waals surface area contributed by atoms with Crippen LogP contribution in [-0.2, 0) is 12.4 Å². The van der Waals surface area contributed by atoms with Gasteiger partial charge in [0.25, 0.3) is 0 Å². The van der Waals surface area contributed by atoms with Crippen molar-refractivity contribution in [1.82, 2.24) is 4.98 Å². The lowest BCUT2D eigenvalue weighted by Gasteiger charge is -2.16. The van der Waals surface area contributed by atoms with Crippen molar-refractivity contribution >= 4 is 28.8 Å². The summed E-state index contributed by atoms with van der Waals surface area (Å²) >= 11 is 4.93. The van der Waals surface area contributed by atoms with Crippen LogP contribution in [0.2, 0.25) is 0 Å². The highest BCUT2D eigenvalue weighted by Gasteiger charge is 2.37. The van der Waals surface area contributed by atoms with Crippen LogP contribution in [0.3, 0.4) is 0 Å². The molecule has 0 aliphatic rings. The zero-order chi connectivity index (χ0) is 18.8. The van der Waals surface area contributed by atoms with Crippen molar-refractivity contribution in [3.8, 4) is 0 Å². The maximum atomic E-state index is 12.8. The summed E-state index contributed by atoms with van der Waals surface area (Å²) in [5.74, 6) is 0.336. The average Bonchev–Trinajstić information content (AvgIpc) is 2.47. The largest absolute Gasteiger partial charge is 0.416 e. The van der Waals surface area contributed by atoms with Crippen LogP contribution in [0, 0.1) is 6.92 Å². The van der Waals surface area contributed by atoms with Gasteiger partial charge in [0.2, 0.25) is 0 Å². The fraction of sp³-hybridized carbons (Fsp3) is 0.200. The third kappa shape index (κ3) is 5.05. The maximum absolute atomic E-state index is 12.8. The SMILES string of the molecule is Cc1cccnc1NC(=S)Nc1cc(C(F)(F)F)cc(C(F)(F)F)c1. The van der Waals surface area contributed by atoms with Gasteiger partial charge in [-0.25, -0.2) is 4.98 Å². The van der Waals surface area contributed by atoms with Crippen molar-refractivity contribution in [2.75, 3.05) is 10.6 Å². The summed E-state index contributed by atoms with van der Waals surface area (Å²) in [6.45, 7) is 1.71. The van der Waals surface area contributed by atoms with Crippen molar-refractivity contribution in [2.45, 2.75) is 19.3 Å². The average molecular weight is 379 g/mol. The van der Waals surface area contributed by atoms with Crippen LogP contribution in [0.4, 0.5) is 37.8 Å². The second-order valence-corrected chi connectivity index (χ2v) is 5.45. The fourth-order valence-electron chi connectivity index (χ4n) is 1.91. The molecule has 0 amide bonds. The molecule has 0 fully saturated rings. The van der Waals surface area contributed by atoms with E-state index in [1.165, 1.54) is 6.20 Å². The first-order valence-corrected chi connectivity index (χ1v) is 7.17. The number of hydrogen-bond donors (Lipinski definition) is 2. The molecule has 2 rings (SSSR count). The molecule has 0 radical (unpaired) electrons. The van der Waals surface area contributed by atoms with E-state index in [9.17, 15) is 26.3 Å². The Kier molecular flexibility index (Phi) is 5.21. The number of anilines is 2. The van der Waals surface area contributed by atoms with Gasteiger partial charge >= 0.3 is 12.4 Å². The van der Waals surface area contributed by atoms with Crippen LogP contribution in [0.25, 0.3) is 0 Å². The third-order valence-electron chi connectivity index (χ3n) is 3.09. The second kappa shape index (κ2) is 6.87. The number of pyridine rings is 1. The molecule has 1 aromatic heterocycles. The van der Waals surface area contributed by atoms with Crippen molar-refractivity contribution in [1.29, 1.82) is 0 Å². The first-order chi connectivity index (χ1) is 11.5. The van der Waals surface area contributed by atoms with Crippen LogP contribution in [0.15, 0.2) is 36.5 Å². The second-order valence-electron chi connectivity index (χ2n) is 5.04. The summed E-state index contributed by atoms with van der Waals surface area (Å²) in [5.41, 5.74) is -2.59. The number of rotatable bonds is 2. The zero-order valence-corrected chi connectivity index (χ0v) is 13.4. The molecule has 0 aliphatic carbocycles. The summed E-state index contributed by atoms with van der Waals surface area (Å²) in [6, 6.07) is 4.52. The maximum Gasteiger partial charge on any atom is 0.416 e.